The Kier molecular flexibility index (Phi) is 39.0. The average Bonchev–Trinajstić information content (AvgIpc) is 3.00. The highest BCUT2D eigenvalue weighted by atomic mass is 79.9. The summed E-state index contributed by atoms with van der Waals surface area (Å²) in [5, 5.41) is 0. The first-order chi connectivity index (χ1) is 20.6. The van der Waals surface area contributed by atoms with Gasteiger partial charge in [-0.1, -0.05) is 194 Å². The van der Waals surface area contributed by atoms with E-state index in [0.717, 1.165) is 19.3 Å². The molecule has 0 radical (unpaired) electrons. The van der Waals surface area contributed by atoms with Crippen LogP contribution in [-0.2, 0) is 9.53 Å². The lowest BCUT2D eigenvalue weighted by Gasteiger charge is -2.34. The van der Waals surface area contributed by atoms with Crippen LogP contribution in [0.2, 0.25) is 0 Å². The molecule has 0 saturated carbocycles. The van der Waals surface area contributed by atoms with Crippen LogP contribution in [0, 0.1) is 0 Å². The monoisotopic (exact) mass is 691 g/mol. The van der Waals surface area contributed by atoms with E-state index in [9.17, 15) is 4.79 Å². The zero-order valence-electron chi connectivity index (χ0n) is 29.8. The third kappa shape index (κ3) is 32.1. The molecule has 0 aromatic carbocycles. The molecular weight excluding hydrogens is 611 g/mol. The van der Waals surface area contributed by atoms with Crippen molar-refractivity contribution in [2.45, 2.75) is 238 Å². The maximum Gasteiger partial charge on any atom is 0.310 e. The molecule has 260 valence electrons. The van der Waals surface area contributed by atoms with E-state index in [1.807, 2.05) is 0 Å². The summed E-state index contributed by atoms with van der Waals surface area (Å²) in [6, 6.07) is 0. The van der Waals surface area contributed by atoms with Gasteiger partial charge in [0, 0.05) is 0 Å². The Morgan fingerprint density at radius 1 is 0.419 bits per heavy atom. The van der Waals surface area contributed by atoms with Crippen LogP contribution in [0.15, 0.2) is 0 Å². The summed E-state index contributed by atoms with van der Waals surface area (Å²) in [6.07, 6.45) is 44.5. The lowest BCUT2D eigenvalue weighted by molar-refractivity contribution is -0.159. The maximum atomic E-state index is 12.6. The number of hydrogen-bond acceptors (Lipinski definition) is 2. The minimum Gasteiger partial charge on any atom is -0.459 e. The topological polar surface area (TPSA) is 26.3 Å². The van der Waals surface area contributed by atoms with E-state index in [1.165, 1.54) is 193 Å². The molecule has 0 aromatic heterocycles. The predicted octanol–water partition coefficient (Wildman–Crippen LogP) is 14.7. The second kappa shape index (κ2) is 36.8. The summed E-state index contributed by atoms with van der Waals surface area (Å²) >= 11 is 0. The first-order valence-electron chi connectivity index (χ1n) is 19.6. The standard InChI is InChI=1S/C39H79O2P.BrH/c1-4-7-10-13-16-19-22-25-28-31-34-39(41-38(40)37-42,35-32-29-26-23-20-17-14-11-8-5-2)36-33-30-27-24-21-18-15-12-9-6-3;/h4-37,42H2,1-3H3;1H. The van der Waals surface area contributed by atoms with Gasteiger partial charge in [0.2, 0.25) is 0 Å². The highest BCUT2D eigenvalue weighted by Gasteiger charge is 2.32. The second-order valence-corrected chi connectivity index (χ2v) is 14.1. The zero-order valence-corrected chi connectivity index (χ0v) is 32.7. The van der Waals surface area contributed by atoms with Gasteiger partial charge in [0.15, 0.2) is 0 Å². The van der Waals surface area contributed by atoms with Gasteiger partial charge >= 0.3 is 5.97 Å². The summed E-state index contributed by atoms with van der Waals surface area (Å²) in [5.74, 6) is -0.00811. The van der Waals surface area contributed by atoms with Crippen molar-refractivity contribution < 1.29 is 9.53 Å². The van der Waals surface area contributed by atoms with E-state index in [2.05, 4.69) is 30.0 Å². The number of hydrogen-bond donors (Lipinski definition) is 0. The molecule has 0 aliphatic rings. The van der Waals surface area contributed by atoms with Gasteiger partial charge in [0.05, 0.1) is 6.16 Å². The Labute approximate surface area is 285 Å². The van der Waals surface area contributed by atoms with Gasteiger partial charge in [-0.3, -0.25) is 4.79 Å². The third-order valence-electron chi connectivity index (χ3n) is 9.45. The Hall–Kier alpha value is 0.380. The van der Waals surface area contributed by atoms with Crippen molar-refractivity contribution in [2.75, 3.05) is 6.16 Å². The van der Waals surface area contributed by atoms with Crippen molar-refractivity contribution in [1.82, 2.24) is 0 Å². The minimum absolute atomic E-state index is 0. The van der Waals surface area contributed by atoms with Crippen LogP contribution in [0.3, 0.4) is 0 Å². The minimum atomic E-state index is -0.214. The molecular formula is C39H80BrO2P. The fraction of sp³-hybridized carbons (Fsp3) is 0.974. The van der Waals surface area contributed by atoms with Crippen molar-refractivity contribution in [1.29, 1.82) is 0 Å². The van der Waals surface area contributed by atoms with Crippen LogP contribution in [0.1, 0.15) is 233 Å². The van der Waals surface area contributed by atoms with Crippen LogP contribution in [0.5, 0.6) is 0 Å². The number of halogens is 1. The zero-order chi connectivity index (χ0) is 30.8. The van der Waals surface area contributed by atoms with Gasteiger partial charge in [0.1, 0.15) is 5.60 Å². The normalized spacial score (nSPS) is 11.5. The number of ether oxygens (including phenoxy) is 1. The molecule has 0 amide bonds. The van der Waals surface area contributed by atoms with Gasteiger partial charge in [-0.25, -0.2) is 0 Å². The molecule has 0 rings (SSSR count). The number of carbonyl (C=O) groups is 1. The summed E-state index contributed by atoms with van der Waals surface area (Å²) in [7, 11) is 2.60. The van der Waals surface area contributed by atoms with Crippen molar-refractivity contribution in [3.63, 3.8) is 0 Å². The molecule has 1 unspecified atom stereocenters. The van der Waals surface area contributed by atoms with Gasteiger partial charge in [-0.2, -0.15) is 0 Å². The summed E-state index contributed by atoms with van der Waals surface area (Å²) < 4.78 is 6.38. The summed E-state index contributed by atoms with van der Waals surface area (Å²) in [4.78, 5) is 12.6. The first-order valence-corrected chi connectivity index (χ1v) is 20.4. The second-order valence-electron chi connectivity index (χ2n) is 13.7. The Morgan fingerprint density at radius 2 is 0.628 bits per heavy atom. The van der Waals surface area contributed by atoms with Crippen molar-refractivity contribution in [2.24, 2.45) is 0 Å². The molecule has 0 aliphatic heterocycles. The smallest absolute Gasteiger partial charge is 0.310 e. The average molecular weight is 692 g/mol. The molecule has 0 spiro atoms. The molecule has 0 aromatic rings. The first kappa shape index (κ1) is 45.5. The van der Waals surface area contributed by atoms with E-state index in [-0.39, 0.29) is 28.6 Å². The van der Waals surface area contributed by atoms with E-state index >= 15 is 0 Å². The SMILES string of the molecule is Br.CCCCCCCCCCCCC(CCCCCCCCCCCC)(CCCCCCCCCCCC)OC(=O)CP. The van der Waals surface area contributed by atoms with E-state index in [0.29, 0.717) is 6.16 Å². The van der Waals surface area contributed by atoms with E-state index in [1.54, 1.807) is 0 Å². The van der Waals surface area contributed by atoms with Gasteiger partial charge < -0.3 is 4.74 Å². The summed E-state index contributed by atoms with van der Waals surface area (Å²) in [6.45, 7) is 6.89. The molecule has 0 fully saturated rings. The molecule has 43 heavy (non-hydrogen) atoms. The largest absolute Gasteiger partial charge is 0.459 e. The molecule has 0 saturated heterocycles. The summed E-state index contributed by atoms with van der Waals surface area (Å²) in [5.41, 5.74) is -0.214. The van der Waals surface area contributed by atoms with Gasteiger partial charge in [-0.05, 0) is 38.5 Å². The van der Waals surface area contributed by atoms with Gasteiger partial charge in [0.25, 0.3) is 0 Å². The Morgan fingerprint density at radius 3 is 0.837 bits per heavy atom. The molecule has 0 N–H and O–H groups in total. The Balaban J connectivity index is 0. The molecule has 0 bridgehead atoms. The Bertz CT molecular complexity index is 482. The fourth-order valence-corrected chi connectivity index (χ4v) is 6.70. The van der Waals surface area contributed by atoms with E-state index in [4.69, 9.17) is 4.74 Å². The maximum absolute atomic E-state index is 12.6. The van der Waals surface area contributed by atoms with Crippen LogP contribution in [0.25, 0.3) is 0 Å². The van der Waals surface area contributed by atoms with Crippen molar-refractivity contribution in [3.05, 3.63) is 0 Å². The van der Waals surface area contributed by atoms with Crippen molar-refractivity contribution in [3.8, 4) is 0 Å². The van der Waals surface area contributed by atoms with Crippen LogP contribution in [-0.4, -0.2) is 17.7 Å². The van der Waals surface area contributed by atoms with Crippen LogP contribution >= 0.6 is 26.2 Å². The lowest BCUT2D eigenvalue weighted by atomic mass is 9.84. The molecule has 1 atom stereocenters. The highest BCUT2D eigenvalue weighted by molar-refractivity contribution is 8.93. The van der Waals surface area contributed by atoms with Crippen LogP contribution in [0.4, 0.5) is 0 Å². The highest BCUT2D eigenvalue weighted by Crippen LogP contribution is 2.33. The van der Waals surface area contributed by atoms with Gasteiger partial charge in [-0.15, -0.1) is 26.2 Å². The number of esters is 1. The lowest BCUT2D eigenvalue weighted by Crippen LogP contribution is -2.36. The molecule has 4 heteroatoms. The number of rotatable bonds is 35. The van der Waals surface area contributed by atoms with E-state index < -0.39 is 0 Å². The molecule has 0 aliphatic carbocycles. The predicted molar refractivity (Wildman–Crippen MR) is 203 cm³/mol. The fourth-order valence-electron chi connectivity index (χ4n) is 6.62. The molecule has 2 nitrogen and oxygen atoms in total. The van der Waals surface area contributed by atoms with Crippen molar-refractivity contribution >= 4 is 32.2 Å². The number of carbonyl (C=O) groups excluding carboxylic acids is 1. The molecule has 0 heterocycles. The van der Waals surface area contributed by atoms with Crippen LogP contribution < -0.4 is 0 Å². The third-order valence-corrected chi connectivity index (χ3v) is 9.79. The quantitative estimate of drug-likeness (QED) is 0.0376. The number of unbranched alkanes of at least 4 members (excludes halogenated alkanes) is 27.